The first-order valence-electron chi connectivity index (χ1n) is 5.23. The molecule has 0 spiro atoms. The molecule has 0 unspecified atom stereocenters. The normalized spacial score (nSPS) is 10.2. The Kier molecular flexibility index (Phi) is 3.21. The number of oxazole rings is 1. The van der Waals surface area contributed by atoms with E-state index in [4.69, 9.17) is 9.68 Å². The molecule has 1 heterocycles. The summed E-state index contributed by atoms with van der Waals surface area (Å²) in [6, 6.07) is 7.89. The van der Waals surface area contributed by atoms with E-state index >= 15 is 0 Å². The smallest absolute Gasteiger partial charge is 0.261 e. The molecule has 3 nitrogen and oxygen atoms in total. The lowest BCUT2D eigenvalue weighted by atomic mass is 10.2. The van der Waals surface area contributed by atoms with Gasteiger partial charge in [-0.3, -0.25) is 0 Å². The van der Waals surface area contributed by atoms with Crippen LogP contribution >= 0.6 is 11.8 Å². The van der Waals surface area contributed by atoms with Crippen LogP contribution in [0.3, 0.4) is 0 Å². The van der Waals surface area contributed by atoms with Crippen LogP contribution in [-0.2, 0) is 0 Å². The van der Waals surface area contributed by atoms with Crippen molar-refractivity contribution in [2.45, 2.75) is 30.9 Å². The molecule has 1 aromatic heterocycles. The number of nitrogens with zero attached hydrogens (tertiary/aromatic N) is 2. The molecule has 0 aliphatic heterocycles. The Labute approximate surface area is 104 Å². The van der Waals surface area contributed by atoms with Gasteiger partial charge in [-0.2, -0.15) is 5.26 Å². The Morgan fingerprint density at radius 3 is 2.65 bits per heavy atom. The number of benzene rings is 1. The second kappa shape index (κ2) is 4.64. The van der Waals surface area contributed by atoms with Gasteiger partial charge < -0.3 is 4.42 Å². The molecule has 0 saturated heterocycles. The van der Waals surface area contributed by atoms with Crippen molar-refractivity contribution in [3.05, 3.63) is 40.8 Å². The maximum absolute atomic E-state index is 9.03. The van der Waals surface area contributed by atoms with Crippen LogP contribution in [0.5, 0.6) is 0 Å². The third-order valence-electron chi connectivity index (χ3n) is 2.46. The molecule has 4 heteroatoms. The average Bonchev–Trinajstić information content (AvgIpc) is 2.58. The Morgan fingerprint density at radius 2 is 2.06 bits per heavy atom. The number of aryl methyl sites for hydroxylation is 3. The molecule has 2 aromatic rings. The summed E-state index contributed by atoms with van der Waals surface area (Å²) in [5, 5.41) is 9.62. The minimum absolute atomic E-state index is 0.585. The Balaban J connectivity index is 2.35. The van der Waals surface area contributed by atoms with Gasteiger partial charge in [-0.05, 0) is 50.2 Å². The molecular weight excluding hydrogens is 232 g/mol. The van der Waals surface area contributed by atoms with Crippen molar-refractivity contribution in [2.24, 2.45) is 0 Å². The van der Waals surface area contributed by atoms with Gasteiger partial charge in [-0.25, -0.2) is 4.98 Å². The monoisotopic (exact) mass is 244 g/mol. The summed E-state index contributed by atoms with van der Waals surface area (Å²) in [5.74, 6) is 0.818. The van der Waals surface area contributed by atoms with Crippen LogP contribution in [0.4, 0.5) is 0 Å². The average molecular weight is 244 g/mol. The highest BCUT2D eigenvalue weighted by molar-refractivity contribution is 7.99. The Hall–Kier alpha value is -1.73. The second-order valence-corrected chi connectivity index (χ2v) is 4.83. The van der Waals surface area contributed by atoms with Crippen molar-refractivity contribution >= 4 is 11.8 Å². The van der Waals surface area contributed by atoms with Gasteiger partial charge in [0.25, 0.3) is 5.22 Å². The van der Waals surface area contributed by atoms with Crippen LogP contribution in [0, 0.1) is 32.1 Å². The summed E-state index contributed by atoms with van der Waals surface area (Å²) in [7, 11) is 0. The SMILES string of the molecule is Cc1ccc(C#N)c(Sc2nc(C)c(C)o2)c1. The minimum atomic E-state index is 0.585. The highest BCUT2D eigenvalue weighted by atomic mass is 32.2. The summed E-state index contributed by atoms with van der Waals surface area (Å²) >= 11 is 1.39. The minimum Gasteiger partial charge on any atom is -0.436 e. The van der Waals surface area contributed by atoms with Gasteiger partial charge in [0.05, 0.1) is 11.3 Å². The topological polar surface area (TPSA) is 49.8 Å². The van der Waals surface area contributed by atoms with Crippen LogP contribution in [-0.4, -0.2) is 4.98 Å². The van der Waals surface area contributed by atoms with Crippen LogP contribution in [0.2, 0.25) is 0 Å². The number of aromatic nitrogens is 1. The van der Waals surface area contributed by atoms with Gasteiger partial charge in [-0.15, -0.1) is 0 Å². The van der Waals surface area contributed by atoms with Gasteiger partial charge in [0.15, 0.2) is 0 Å². The number of nitriles is 1. The highest BCUT2D eigenvalue weighted by Crippen LogP contribution is 2.31. The Bertz CT molecular complexity index is 576. The van der Waals surface area contributed by atoms with Crippen LogP contribution in [0.25, 0.3) is 0 Å². The molecule has 17 heavy (non-hydrogen) atoms. The van der Waals surface area contributed by atoms with E-state index in [9.17, 15) is 0 Å². The maximum atomic E-state index is 9.03. The molecule has 0 atom stereocenters. The molecule has 0 radical (unpaired) electrons. The lowest BCUT2D eigenvalue weighted by Crippen LogP contribution is -1.83. The van der Waals surface area contributed by atoms with Gasteiger partial charge in [-0.1, -0.05) is 6.07 Å². The quantitative estimate of drug-likeness (QED) is 0.809. The van der Waals surface area contributed by atoms with Crippen molar-refractivity contribution < 1.29 is 4.42 Å². The lowest BCUT2D eigenvalue weighted by Gasteiger charge is -2.01. The van der Waals surface area contributed by atoms with Crippen LogP contribution < -0.4 is 0 Å². The van der Waals surface area contributed by atoms with Crippen molar-refractivity contribution in [3.63, 3.8) is 0 Å². The zero-order valence-corrected chi connectivity index (χ0v) is 10.8. The molecule has 2 rings (SSSR count). The fraction of sp³-hybridized carbons (Fsp3) is 0.231. The predicted molar refractivity (Wildman–Crippen MR) is 66.0 cm³/mol. The van der Waals surface area contributed by atoms with E-state index in [1.54, 1.807) is 0 Å². The molecule has 0 saturated carbocycles. The van der Waals surface area contributed by atoms with Gasteiger partial charge in [0.2, 0.25) is 0 Å². The molecule has 0 aliphatic rings. The van der Waals surface area contributed by atoms with Crippen molar-refractivity contribution in [3.8, 4) is 6.07 Å². The molecule has 0 N–H and O–H groups in total. The van der Waals surface area contributed by atoms with E-state index in [0.717, 1.165) is 21.9 Å². The van der Waals surface area contributed by atoms with E-state index in [1.165, 1.54) is 11.8 Å². The van der Waals surface area contributed by atoms with Crippen molar-refractivity contribution in [1.29, 1.82) is 5.26 Å². The van der Waals surface area contributed by atoms with Gasteiger partial charge in [0.1, 0.15) is 11.8 Å². The third kappa shape index (κ3) is 2.51. The molecule has 1 aromatic carbocycles. The summed E-state index contributed by atoms with van der Waals surface area (Å²) in [6.07, 6.45) is 0. The zero-order valence-electron chi connectivity index (χ0n) is 9.94. The summed E-state index contributed by atoms with van der Waals surface area (Å²) < 4.78 is 5.50. The van der Waals surface area contributed by atoms with E-state index in [0.29, 0.717) is 10.8 Å². The zero-order chi connectivity index (χ0) is 12.4. The summed E-state index contributed by atoms with van der Waals surface area (Å²) in [5.41, 5.74) is 2.65. The van der Waals surface area contributed by atoms with E-state index in [2.05, 4.69) is 11.1 Å². The van der Waals surface area contributed by atoms with E-state index < -0.39 is 0 Å². The summed E-state index contributed by atoms with van der Waals surface area (Å²) in [4.78, 5) is 5.18. The fourth-order valence-corrected chi connectivity index (χ4v) is 2.39. The standard InChI is InChI=1S/C13H12N2OS/c1-8-4-5-11(7-14)12(6-8)17-13-15-9(2)10(3)16-13/h4-6H,1-3H3. The molecule has 86 valence electrons. The molecule has 0 bridgehead atoms. The molecular formula is C13H12N2OS. The van der Waals surface area contributed by atoms with Gasteiger partial charge >= 0.3 is 0 Å². The van der Waals surface area contributed by atoms with Crippen LogP contribution in [0.15, 0.2) is 32.7 Å². The molecule has 0 amide bonds. The predicted octanol–water partition coefficient (Wildman–Crippen LogP) is 3.62. The first kappa shape index (κ1) is 11.7. The van der Waals surface area contributed by atoms with E-state index in [1.807, 2.05) is 39.0 Å². The second-order valence-electron chi connectivity index (χ2n) is 3.83. The highest BCUT2D eigenvalue weighted by Gasteiger charge is 2.10. The molecule has 0 fully saturated rings. The molecule has 0 aliphatic carbocycles. The van der Waals surface area contributed by atoms with Crippen LogP contribution in [0.1, 0.15) is 22.6 Å². The van der Waals surface area contributed by atoms with Crippen molar-refractivity contribution in [1.82, 2.24) is 4.98 Å². The Morgan fingerprint density at radius 1 is 1.29 bits per heavy atom. The first-order valence-corrected chi connectivity index (χ1v) is 6.04. The lowest BCUT2D eigenvalue weighted by molar-refractivity contribution is 0.431. The first-order chi connectivity index (χ1) is 8.10. The maximum Gasteiger partial charge on any atom is 0.261 e. The number of hydrogen-bond acceptors (Lipinski definition) is 4. The third-order valence-corrected chi connectivity index (χ3v) is 3.37. The van der Waals surface area contributed by atoms with Gasteiger partial charge in [0, 0.05) is 4.90 Å². The van der Waals surface area contributed by atoms with Crippen molar-refractivity contribution in [2.75, 3.05) is 0 Å². The number of rotatable bonds is 2. The number of hydrogen-bond donors (Lipinski definition) is 0. The summed E-state index contributed by atoms with van der Waals surface area (Å²) in [6.45, 7) is 5.79. The van der Waals surface area contributed by atoms with E-state index in [-0.39, 0.29) is 0 Å². The fourth-order valence-electron chi connectivity index (χ4n) is 1.39. The largest absolute Gasteiger partial charge is 0.436 e.